The van der Waals surface area contributed by atoms with E-state index in [1.54, 1.807) is 17.5 Å². The van der Waals surface area contributed by atoms with E-state index in [0.29, 0.717) is 12.4 Å². The predicted octanol–water partition coefficient (Wildman–Crippen LogP) is 4.70. The number of rotatable bonds is 3. The summed E-state index contributed by atoms with van der Waals surface area (Å²) >= 11 is 16.9. The largest absolute Gasteiger partial charge is 0.306 e. The molecule has 7 heteroatoms. The van der Waals surface area contributed by atoms with Crippen molar-refractivity contribution < 1.29 is 0 Å². The van der Waals surface area contributed by atoms with Crippen molar-refractivity contribution in [1.82, 2.24) is 14.5 Å². The number of halogens is 3. The molecule has 3 aromatic heterocycles. The van der Waals surface area contributed by atoms with Crippen LogP contribution in [0.5, 0.6) is 0 Å². The van der Waals surface area contributed by atoms with E-state index >= 15 is 0 Å². The van der Waals surface area contributed by atoms with Gasteiger partial charge < -0.3 is 4.57 Å². The zero-order valence-corrected chi connectivity index (χ0v) is 13.5. The highest BCUT2D eigenvalue weighted by molar-refractivity contribution is 9.10. The van der Waals surface area contributed by atoms with Gasteiger partial charge in [0.05, 0.1) is 16.8 Å². The maximum Gasteiger partial charge on any atom is 0.160 e. The fourth-order valence-corrected chi connectivity index (χ4v) is 3.49. The Balaban J connectivity index is 2.10. The van der Waals surface area contributed by atoms with Gasteiger partial charge in [0.1, 0.15) is 11.3 Å². The standard InChI is InChI=1S/C12H8BrCl2N3S/c13-7-3-9-12(16-5-7)18(11(4-14)17-9)6-8-1-2-10(15)19-8/h1-3,5H,4,6H2. The van der Waals surface area contributed by atoms with Crippen molar-refractivity contribution in [2.24, 2.45) is 0 Å². The molecule has 0 unspecified atom stereocenters. The molecular formula is C12H8BrCl2N3S. The number of alkyl halides is 1. The van der Waals surface area contributed by atoms with Gasteiger partial charge in [-0.05, 0) is 34.1 Å². The summed E-state index contributed by atoms with van der Waals surface area (Å²) in [5.41, 5.74) is 1.68. The van der Waals surface area contributed by atoms with Gasteiger partial charge in [0.2, 0.25) is 0 Å². The average molecular weight is 377 g/mol. The molecule has 0 aromatic carbocycles. The first-order valence-corrected chi connectivity index (χ1v) is 8.00. The first-order chi connectivity index (χ1) is 9.17. The van der Waals surface area contributed by atoms with E-state index in [2.05, 4.69) is 25.9 Å². The molecule has 3 nitrogen and oxygen atoms in total. The molecule has 3 rings (SSSR count). The lowest BCUT2D eigenvalue weighted by molar-refractivity contribution is 0.780. The van der Waals surface area contributed by atoms with Gasteiger partial charge in [0, 0.05) is 15.5 Å². The Hall–Kier alpha value is -0.620. The lowest BCUT2D eigenvalue weighted by Crippen LogP contribution is -2.03. The number of fused-ring (bicyclic) bond motifs is 1. The van der Waals surface area contributed by atoms with E-state index in [-0.39, 0.29) is 0 Å². The number of hydrogen-bond acceptors (Lipinski definition) is 3. The molecule has 98 valence electrons. The summed E-state index contributed by atoms with van der Waals surface area (Å²) in [6.07, 6.45) is 1.76. The van der Waals surface area contributed by atoms with E-state index in [9.17, 15) is 0 Å². The van der Waals surface area contributed by atoms with Crippen LogP contribution in [0.25, 0.3) is 11.2 Å². The Morgan fingerprint density at radius 2 is 2.21 bits per heavy atom. The summed E-state index contributed by atoms with van der Waals surface area (Å²) in [5, 5.41) is 0. The van der Waals surface area contributed by atoms with E-state index in [1.165, 1.54) is 0 Å². The smallest absolute Gasteiger partial charge is 0.160 e. The fourth-order valence-electron chi connectivity index (χ4n) is 1.89. The van der Waals surface area contributed by atoms with Gasteiger partial charge in [0.25, 0.3) is 0 Å². The lowest BCUT2D eigenvalue weighted by Gasteiger charge is -2.04. The molecule has 3 aromatic rings. The third-order valence-electron chi connectivity index (χ3n) is 2.69. The number of aromatic nitrogens is 3. The van der Waals surface area contributed by atoms with Crippen molar-refractivity contribution in [2.45, 2.75) is 12.4 Å². The molecular weight excluding hydrogens is 369 g/mol. The maximum atomic E-state index is 5.97. The minimum absolute atomic E-state index is 0.354. The third-order valence-corrected chi connectivity index (χ3v) is 4.58. The highest BCUT2D eigenvalue weighted by Gasteiger charge is 2.12. The van der Waals surface area contributed by atoms with Gasteiger partial charge in [0.15, 0.2) is 5.65 Å². The van der Waals surface area contributed by atoms with Crippen molar-refractivity contribution in [1.29, 1.82) is 0 Å². The summed E-state index contributed by atoms with van der Waals surface area (Å²) in [6, 6.07) is 5.84. The van der Waals surface area contributed by atoms with E-state index in [4.69, 9.17) is 23.2 Å². The topological polar surface area (TPSA) is 30.7 Å². The van der Waals surface area contributed by atoms with Crippen LogP contribution in [0.2, 0.25) is 4.34 Å². The van der Waals surface area contributed by atoms with Crippen LogP contribution < -0.4 is 0 Å². The molecule has 0 fully saturated rings. The van der Waals surface area contributed by atoms with Crippen LogP contribution in [0.15, 0.2) is 28.9 Å². The number of imidazole rings is 1. The molecule has 0 aliphatic carbocycles. The Labute approximate surface area is 132 Å². The zero-order chi connectivity index (χ0) is 13.4. The van der Waals surface area contributed by atoms with Crippen LogP contribution in [0.4, 0.5) is 0 Å². The monoisotopic (exact) mass is 375 g/mol. The van der Waals surface area contributed by atoms with Gasteiger partial charge in [-0.15, -0.1) is 22.9 Å². The second kappa shape index (κ2) is 5.40. The predicted molar refractivity (Wildman–Crippen MR) is 83.2 cm³/mol. The number of nitrogens with zero attached hydrogens (tertiary/aromatic N) is 3. The summed E-state index contributed by atoms with van der Waals surface area (Å²) in [6.45, 7) is 0.685. The molecule has 0 atom stereocenters. The zero-order valence-electron chi connectivity index (χ0n) is 9.61. The molecule has 0 saturated carbocycles. The second-order valence-corrected chi connectivity index (χ2v) is 6.93. The van der Waals surface area contributed by atoms with Gasteiger partial charge in [-0.3, -0.25) is 0 Å². The Morgan fingerprint density at radius 3 is 2.89 bits per heavy atom. The van der Waals surface area contributed by atoms with Crippen LogP contribution in [0, 0.1) is 0 Å². The second-order valence-electron chi connectivity index (χ2n) is 3.95. The van der Waals surface area contributed by atoms with Crippen molar-refractivity contribution in [3.8, 4) is 0 Å². The summed E-state index contributed by atoms with van der Waals surface area (Å²) in [7, 11) is 0. The fraction of sp³-hybridized carbons (Fsp3) is 0.167. The summed E-state index contributed by atoms with van der Waals surface area (Å²) < 4.78 is 3.71. The molecule has 0 aliphatic rings. The number of hydrogen-bond donors (Lipinski definition) is 0. The molecule has 19 heavy (non-hydrogen) atoms. The quantitative estimate of drug-likeness (QED) is 0.620. The first-order valence-electron chi connectivity index (χ1n) is 5.48. The van der Waals surface area contributed by atoms with Crippen LogP contribution in [-0.4, -0.2) is 14.5 Å². The minimum Gasteiger partial charge on any atom is -0.306 e. The maximum absolute atomic E-state index is 5.97. The van der Waals surface area contributed by atoms with Crippen molar-refractivity contribution in [3.63, 3.8) is 0 Å². The van der Waals surface area contributed by atoms with Crippen molar-refractivity contribution in [2.75, 3.05) is 0 Å². The Morgan fingerprint density at radius 1 is 1.37 bits per heavy atom. The summed E-state index contributed by atoms with van der Waals surface area (Å²) in [5.74, 6) is 1.17. The van der Waals surface area contributed by atoms with Gasteiger partial charge in [-0.1, -0.05) is 11.6 Å². The molecule has 0 N–H and O–H groups in total. The van der Waals surface area contributed by atoms with E-state index < -0.39 is 0 Å². The summed E-state index contributed by atoms with van der Waals surface area (Å²) in [4.78, 5) is 10.1. The first kappa shape index (κ1) is 13.4. The van der Waals surface area contributed by atoms with Crippen molar-refractivity contribution in [3.05, 3.63) is 43.9 Å². The molecule has 3 heterocycles. The van der Waals surface area contributed by atoms with Crippen LogP contribution in [0.1, 0.15) is 10.7 Å². The van der Waals surface area contributed by atoms with Crippen LogP contribution >= 0.6 is 50.5 Å². The van der Waals surface area contributed by atoms with Crippen molar-refractivity contribution >= 4 is 61.6 Å². The highest BCUT2D eigenvalue weighted by atomic mass is 79.9. The van der Waals surface area contributed by atoms with E-state index in [1.807, 2.05) is 22.8 Å². The Bertz CT molecular complexity index is 738. The van der Waals surface area contributed by atoms with Crippen LogP contribution in [-0.2, 0) is 12.4 Å². The molecule has 0 spiro atoms. The number of pyridine rings is 1. The number of thiophene rings is 1. The lowest BCUT2D eigenvalue weighted by atomic mass is 10.4. The van der Waals surface area contributed by atoms with Gasteiger partial charge in [-0.2, -0.15) is 0 Å². The molecule has 0 bridgehead atoms. The normalized spacial score (nSPS) is 11.3. The molecule has 0 aliphatic heterocycles. The van der Waals surface area contributed by atoms with E-state index in [0.717, 1.165) is 30.7 Å². The van der Waals surface area contributed by atoms with Crippen LogP contribution in [0.3, 0.4) is 0 Å². The Kier molecular flexibility index (Phi) is 3.80. The molecule has 0 saturated heterocycles. The SMILES string of the molecule is ClCc1nc2cc(Br)cnc2n1Cc1ccc(Cl)s1. The molecule has 0 radical (unpaired) electrons. The van der Waals surface area contributed by atoms with Gasteiger partial charge in [-0.25, -0.2) is 9.97 Å². The molecule has 0 amide bonds. The third kappa shape index (κ3) is 2.65. The highest BCUT2D eigenvalue weighted by Crippen LogP contribution is 2.25. The van der Waals surface area contributed by atoms with Gasteiger partial charge >= 0.3 is 0 Å². The minimum atomic E-state index is 0.354. The average Bonchev–Trinajstić information content (AvgIpc) is 2.94.